The molecule has 0 saturated carbocycles. The summed E-state index contributed by atoms with van der Waals surface area (Å²) in [6.45, 7) is 3.77. The molecule has 1 aromatic carbocycles. The minimum Gasteiger partial charge on any atom is -0.495 e. The summed E-state index contributed by atoms with van der Waals surface area (Å²) >= 11 is 3.35. The molecule has 0 bridgehead atoms. The van der Waals surface area contributed by atoms with E-state index in [4.69, 9.17) is 9.47 Å². The van der Waals surface area contributed by atoms with E-state index in [1.807, 2.05) is 13.8 Å². The van der Waals surface area contributed by atoms with Crippen LogP contribution in [0.4, 0.5) is 0 Å². The van der Waals surface area contributed by atoms with Crippen LogP contribution in [0.15, 0.2) is 16.6 Å². The number of carbonyl (C=O) groups is 1. The van der Waals surface area contributed by atoms with Crippen molar-refractivity contribution in [3.63, 3.8) is 0 Å². The fourth-order valence-electron chi connectivity index (χ4n) is 1.68. The van der Waals surface area contributed by atoms with Crippen LogP contribution in [-0.2, 0) is 0 Å². The molecule has 0 spiro atoms. The average Bonchev–Trinajstić information content (AvgIpc) is 2.44. The normalized spacial score (nSPS) is 12.2. The zero-order valence-corrected chi connectivity index (χ0v) is 13.7. The number of benzene rings is 1. The maximum atomic E-state index is 12.2. The van der Waals surface area contributed by atoms with E-state index in [1.54, 1.807) is 12.1 Å². The van der Waals surface area contributed by atoms with Gasteiger partial charge in [-0.25, -0.2) is 0 Å². The van der Waals surface area contributed by atoms with Crippen molar-refractivity contribution in [2.45, 2.75) is 19.9 Å². The van der Waals surface area contributed by atoms with Gasteiger partial charge in [0.15, 0.2) is 0 Å². The van der Waals surface area contributed by atoms with Crippen LogP contribution >= 0.6 is 15.9 Å². The Hall–Kier alpha value is -1.27. The second-order valence-electron chi connectivity index (χ2n) is 4.70. The van der Waals surface area contributed by atoms with Gasteiger partial charge in [-0.1, -0.05) is 13.8 Å². The molecule has 0 aliphatic heterocycles. The van der Waals surface area contributed by atoms with Crippen LogP contribution in [0.5, 0.6) is 11.5 Å². The predicted molar refractivity (Wildman–Crippen MR) is 80.4 cm³/mol. The van der Waals surface area contributed by atoms with Gasteiger partial charge in [0, 0.05) is 5.56 Å². The van der Waals surface area contributed by atoms with Crippen LogP contribution in [0.1, 0.15) is 24.2 Å². The third-order valence-electron chi connectivity index (χ3n) is 3.03. The number of halogens is 1. The Bertz CT molecular complexity index is 451. The first-order valence-corrected chi connectivity index (χ1v) is 7.07. The van der Waals surface area contributed by atoms with Crippen LogP contribution in [0.25, 0.3) is 0 Å². The highest BCUT2D eigenvalue weighted by atomic mass is 79.9. The van der Waals surface area contributed by atoms with Crippen molar-refractivity contribution in [3.8, 4) is 11.5 Å². The molecular formula is C14H20BrNO4. The number of rotatable bonds is 6. The first-order valence-electron chi connectivity index (χ1n) is 6.27. The zero-order valence-electron chi connectivity index (χ0n) is 12.1. The molecule has 112 valence electrons. The Balaban J connectivity index is 3.04. The molecule has 5 nitrogen and oxygen atoms in total. The van der Waals surface area contributed by atoms with Gasteiger partial charge in [0.25, 0.3) is 5.91 Å². The highest BCUT2D eigenvalue weighted by molar-refractivity contribution is 9.10. The Kier molecular flexibility index (Phi) is 6.29. The van der Waals surface area contributed by atoms with Gasteiger partial charge in [0.05, 0.1) is 26.9 Å². The van der Waals surface area contributed by atoms with Gasteiger partial charge < -0.3 is 19.9 Å². The molecule has 0 saturated heterocycles. The van der Waals surface area contributed by atoms with Crippen molar-refractivity contribution < 1.29 is 19.4 Å². The monoisotopic (exact) mass is 345 g/mol. The number of aliphatic hydroxyl groups excluding tert-OH is 1. The summed E-state index contributed by atoms with van der Waals surface area (Å²) in [6, 6.07) is 2.95. The van der Waals surface area contributed by atoms with E-state index >= 15 is 0 Å². The number of carbonyl (C=O) groups excluding carboxylic acids is 1. The van der Waals surface area contributed by atoms with Crippen molar-refractivity contribution in [3.05, 3.63) is 22.2 Å². The number of amides is 1. The molecule has 1 aromatic rings. The Morgan fingerprint density at radius 3 is 2.15 bits per heavy atom. The van der Waals surface area contributed by atoms with E-state index in [1.165, 1.54) is 14.2 Å². The zero-order chi connectivity index (χ0) is 15.3. The molecule has 2 N–H and O–H groups in total. The summed E-state index contributed by atoms with van der Waals surface area (Å²) in [4.78, 5) is 12.2. The maximum absolute atomic E-state index is 12.2. The van der Waals surface area contributed by atoms with Gasteiger partial charge in [-0.15, -0.1) is 0 Å². The van der Waals surface area contributed by atoms with Gasteiger partial charge in [-0.3, -0.25) is 4.79 Å². The molecule has 1 amide bonds. The van der Waals surface area contributed by atoms with E-state index in [0.717, 1.165) is 0 Å². The van der Waals surface area contributed by atoms with Gasteiger partial charge in [0.1, 0.15) is 16.0 Å². The molecular weight excluding hydrogens is 326 g/mol. The van der Waals surface area contributed by atoms with Gasteiger partial charge in [-0.2, -0.15) is 0 Å². The van der Waals surface area contributed by atoms with Gasteiger partial charge >= 0.3 is 0 Å². The molecule has 20 heavy (non-hydrogen) atoms. The number of nitrogens with one attached hydrogen (secondary N) is 1. The van der Waals surface area contributed by atoms with Crippen LogP contribution in [0.3, 0.4) is 0 Å². The lowest BCUT2D eigenvalue weighted by Crippen LogP contribution is -2.41. The Labute approximate surface area is 127 Å². The maximum Gasteiger partial charge on any atom is 0.251 e. The number of aliphatic hydroxyl groups is 1. The van der Waals surface area contributed by atoms with Crippen molar-refractivity contribution in [2.75, 3.05) is 20.8 Å². The molecule has 0 radical (unpaired) electrons. The second kappa shape index (κ2) is 7.50. The van der Waals surface area contributed by atoms with Crippen LogP contribution in [0, 0.1) is 5.92 Å². The van der Waals surface area contributed by atoms with Crippen LogP contribution in [0.2, 0.25) is 0 Å². The van der Waals surface area contributed by atoms with Crippen molar-refractivity contribution in [1.29, 1.82) is 0 Å². The molecule has 0 aromatic heterocycles. The summed E-state index contributed by atoms with van der Waals surface area (Å²) in [6.07, 6.45) is 0. The smallest absolute Gasteiger partial charge is 0.251 e. The van der Waals surface area contributed by atoms with Crippen molar-refractivity contribution >= 4 is 21.8 Å². The van der Waals surface area contributed by atoms with Crippen LogP contribution < -0.4 is 14.8 Å². The number of hydrogen-bond acceptors (Lipinski definition) is 4. The summed E-state index contributed by atoms with van der Waals surface area (Å²) in [7, 11) is 3.04. The standard InChI is InChI=1S/C14H20BrNO4/c1-8(2)10(7-17)16-14(18)9-5-11(19-3)13(15)12(6-9)20-4/h5-6,8,10,17H,7H2,1-4H3,(H,16,18). The average molecular weight is 346 g/mol. The van der Waals surface area contributed by atoms with Gasteiger partial charge in [-0.05, 0) is 34.0 Å². The third kappa shape index (κ3) is 3.86. The molecule has 1 atom stereocenters. The van der Waals surface area contributed by atoms with Crippen molar-refractivity contribution in [1.82, 2.24) is 5.32 Å². The van der Waals surface area contributed by atoms with E-state index in [-0.39, 0.29) is 24.5 Å². The molecule has 6 heteroatoms. The van der Waals surface area contributed by atoms with Crippen LogP contribution in [-0.4, -0.2) is 37.9 Å². The van der Waals surface area contributed by atoms with E-state index in [2.05, 4.69) is 21.2 Å². The lowest BCUT2D eigenvalue weighted by Gasteiger charge is -2.20. The molecule has 0 aliphatic rings. The highest BCUT2D eigenvalue weighted by Crippen LogP contribution is 2.35. The molecule has 0 fully saturated rings. The number of methoxy groups -OCH3 is 2. The first-order chi connectivity index (χ1) is 9.44. The van der Waals surface area contributed by atoms with Crippen molar-refractivity contribution in [2.24, 2.45) is 5.92 Å². The minimum atomic E-state index is -0.289. The third-order valence-corrected chi connectivity index (χ3v) is 3.81. The fraction of sp³-hybridized carbons (Fsp3) is 0.500. The molecule has 0 aliphatic carbocycles. The van der Waals surface area contributed by atoms with E-state index in [0.29, 0.717) is 21.5 Å². The summed E-state index contributed by atoms with van der Waals surface area (Å²) in [5, 5.41) is 12.1. The SMILES string of the molecule is COc1cc(C(=O)NC(CO)C(C)C)cc(OC)c1Br. The van der Waals surface area contributed by atoms with Gasteiger partial charge in [0.2, 0.25) is 0 Å². The molecule has 1 unspecified atom stereocenters. The second-order valence-corrected chi connectivity index (χ2v) is 5.49. The number of ether oxygens (including phenoxy) is 2. The lowest BCUT2D eigenvalue weighted by atomic mass is 10.0. The largest absolute Gasteiger partial charge is 0.495 e. The summed E-state index contributed by atoms with van der Waals surface area (Å²) in [5.74, 6) is 0.893. The minimum absolute atomic E-state index is 0.103. The number of hydrogen-bond donors (Lipinski definition) is 2. The quantitative estimate of drug-likeness (QED) is 0.829. The van der Waals surface area contributed by atoms with E-state index in [9.17, 15) is 9.90 Å². The fourth-order valence-corrected chi connectivity index (χ4v) is 2.23. The summed E-state index contributed by atoms with van der Waals surface area (Å²) < 4.78 is 11.1. The summed E-state index contributed by atoms with van der Waals surface area (Å²) in [5.41, 5.74) is 0.418. The first kappa shape index (κ1) is 16.8. The Morgan fingerprint density at radius 2 is 1.80 bits per heavy atom. The topological polar surface area (TPSA) is 67.8 Å². The molecule has 1 rings (SSSR count). The molecule has 0 heterocycles. The lowest BCUT2D eigenvalue weighted by molar-refractivity contribution is 0.0896. The highest BCUT2D eigenvalue weighted by Gasteiger charge is 2.19. The van der Waals surface area contributed by atoms with E-state index < -0.39 is 0 Å². The Morgan fingerprint density at radius 1 is 1.30 bits per heavy atom. The predicted octanol–water partition coefficient (Wildman–Crippen LogP) is 2.21.